The standard InChI is InChI=1S/C15H9FN2S/c16-12-6-4-5-10-11(9-17)15(19-14(10)12)13-7-2-1-3-8-18-13/h1-8,18H. The Morgan fingerprint density at radius 2 is 2.11 bits per heavy atom. The first-order valence-electron chi connectivity index (χ1n) is 5.73. The van der Waals surface area contributed by atoms with Crippen LogP contribution in [0.25, 0.3) is 15.8 Å². The lowest BCUT2D eigenvalue weighted by atomic mass is 10.1. The average Bonchev–Trinajstić information content (AvgIpc) is 2.60. The number of fused-ring (bicyclic) bond motifs is 1. The molecule has 0 unspecified atom stereocenters. The summed E-state index contributed by atoms with van der Waals surface area (Å²) < 4.78 is 14.3. The molecule has 1 N–H and O–H groups in total. The van der Waals surface area contributed by atoms with Crippen LogP contribution in [-0.4, -0.2) is 0 Å². The van der Waals surface area contributed by atoms with Gasteiger partial charge < -0.3 is 5.32 Å². The van der Waals surface area contributed by atoms with E-state index in [9.17, 15) is 9.65 Å². The van der Waals surface area contributed by atoms with E-state index in [2.05, 4.69) is 11.4 Å². The minimum absolute atomic E-state index is 0.287. The lowest BCUT2D eigenvalue weighted by Gasteiger charge is -2.03. The van der Waals surface area contributed by atoms with Crippen molar-refractivity contribution in [3.8, 4) is 6.07 Å². The summed E-state index contributed by atoms with van der Waals surface area (Å²) in [7, 11) is 0. The van der Waals surface area contributed by atoms with E-state index in [1.807, 2.05) is 24.3 Å². The second-order valence-corrected chi connectivity index (χ2v) is 5.02. The molecule has 1 aliphatic rings. The molecule has 3 rings (SSSR count). The number of halogens is 1. The molecule has 2 aromatic rings. The summed E-state index contributed by atoms with van der Waals surface area (Å²) in [6.45, 7) is 0. The Bertz CT molecular complexity index is 775. The van der Waals surface area contributed by atoms with Crippen LogP contribution in [0, 0.1) is 17.1 Å². The van der Waals surface area contributed by atoms with Crippen molar-refractivity contribution in [2.75, 3.05) is 0 Å². The molecule has 1 aromatic carbocycles. The number of nitrogens with one attached hydrogen (secondary N) is 1. The van der Waals surface area contributed by atoms with Crippen LogP contribution < -0.4 is 5.32 Å². The summed E-state index contributed by atoms with van der Waals surface area (Å²) in [5, 5.41) is 13.1. The van der Waals surface area contributed by atoms with Crippen LogP contribution in [0.2, 0.25) is 0 Å². The Hall–Kier alpha value is -2.38. The lowest BCUT2D eigenvalue weighted by Crippen LogP contribution is -2.02. The number of thiophene rings is 1. The van der Waals surface area contributed by atoms with E-state index >= 15 is 0 Å². The van der Waals surface area contributed by atoms with Crippen LogP contribution >= 0.6 is 11.3 Å². The smallest absolute Gasteiger partial charge is 0.141 e. The van der Waals surface area contributed by atoms with Gasteiger partial charge in [0.05, 0.1) is 20.8 Å². The van der Waals surface area contributed by atoms with Gasteiger partial charge in [-0.2, -0.15) is 5.26 Å². The van der Waals surface area contributed by atoms with Gasteiger partial charge >= 0.3 is 0 Å². The molecular weight excluding hydrogens is 259 g/mol. The number of hydrogen-bond donors (Lipinski definition) is 1. The predicted molar refractivity (Wildman–Crippen MR) is 75.9 cm³/mol. The molecule has 0 saturated carbocycles. The molecule has 0 saturated heterocycles. The zero-order chi connectivity index (χ0) is 13.2. The van der Waals surface area contributed by atoms with Crippen molar-refractivity contribution in [2.45, 2.75) is 0 Å². The molecule has 0 radical (unpaired) electrons. The van der Waals surface area contributed by atoms with Gasteiger partial charge in [-0.1, -0.05) is 24.3 Å². The van der Waals surface area contributed by atoms with E-state index in [0.29, 0.717) is 15.6 Å². The third-order valence-electron chi connectivity index (χ3n) is 2.84. The monoisotopic (exact) mass is 268 g/mol. The van der Waals surface area contributed by atoms with Crippen molar-refractivity contribution >= 4 is 27.1 Å². The van der Waals surface area contributed by atoms with Crippen molar-refractivity contribution < 1.29 is 4.39 Å². The summed E-state index contributed by atoms with van der Waals surface area (Å²) in [5.74, 6) is -0.287. The topological polar surface area (TPSA) is 35.8 Å². The number of benzene rings is 1. The molecule has 2 heterocycles. The molecule has 0 fully saturated rings. The largest absolute Gasteiger partial charge is 0.361 e. The Labute approximate surface area is 113 Å². The first-order chi connectivity index (χ1) is 9.31. The quantitative estimate of drug-likeness (QED) is 0.850. The van der Waals surface area contributed by atoms with Crippen LogP contribution in [0.15, 0.2) is 48.7 Å². The van der Waals surface area contributed by atoms with Crippen LogP contribution in [0.3, 0.4) is 0 Å². The maximum Gasteiger partial charge on any atom is 0.141 e. The Balaban J connectivity index is 2.27. The number of allylic oxidation sites excluding steroid dienone is 4. The zero-order valence-electron chi connectivity index (χ0n) is 9.85. The van der Waals surface area contributed by atoms with Gasteiger partial charge in [-0.3, -0.25) is 0 Å². The van der Waals surface area contributed by atoms with Gasteiger partial charge in [0.25, 0.3) is 0 Å². The molecule has 19 heavy (non-hydrogen) atoms. The summed E-state index contributed by atoms with van der Waals surface area (Å²) in [5.41, 5.74) is 1.32. The van der Waals surface area contributed by atoms with Gasteiger partial charge in [0.15, 0.2) is 0 Å². The lowest BCUT2D eigenvalue weighted by molar-refractivity contribution is 0.641. The molecule has 0 amide bonds. The third-order valence-corrected chi connectivity index (χ3v) is 4.09. The van der Waals surface area contributed by atoms with E-state index in [0.717, 1.165) is 10.6 Å². The molecule has 4 heteroatoms. The highest BCUT2D eigenvalue weighted by molar-refractivity contribution is 7.20. The number of nitriles is 1. The van der Waals surface area contributed by atoms with Gasteiger partial charge in [-0.15, -0.1) is 11.3 Å². The van der Waals surface area contributed by atoms with Crippen molar-refractivity contribution in [3.63, 3.8) is 0 Å². The highest BCUT2D eigenvalue weighted by Crippen LogP contribution is 2.36. The minimum atomic E-state index is -0.287. The maximum atomic E-state index is 13.8. The first kappa shape index (κ1) is 11.7. The first-order valence-corrected chi connectivity index (χ1v) is 6.54. The fourth-order valence-corrected chi connectivity index (χ4v) is 3.13. The van der Waals surface area contributed by atoms with E-state index in [4.69, 9.17) is 0 Å². The van der Waals surface area contributed by atoms with Gasteiger partial charge in [-0.05, 0) is 18.2 Å². The number of hydrogen-bond acceptors (Lipinski definition) is 3. The zero-order valence-corrected chi connectivity index (χ0v) is 10.7. The van der Waals surface area contributed by atoms with Gasteiger partial charge in [-0.25, -0.2) is 4.39 Å². The molecule has 0 spiro atoms. The van der Waals surface area contributed by atoms with Crippen molar-refractivity contribution in [1.82, 2.24) is 5.32 Å². The number of rotatable bonds is 1. The fourth-order valence-electron chi connectivity index (χ4n) is 1.98. The third kappa shape index (κ3) is 1.94. The molecule has 0 atom stereocenters. The van der Waals surface area contributed by atoms with Crippen molar-refractivity contribution in [1.29, 1.82) is 5.26 Å². The molecular formula is C15H9FN2S. The van der Waals surface area contributed by atoms with E-state index in [1.165, 1.54) is 17.4 Å². The van der Waals surface area contributed by atoms with Crippen LogP contribution in [-0.2, 0) is 0 Å². The predicted octanol–water partition coefficient (Wildman–Crippen LogP) is 3.93. The summed E-state index contributed by atoms with van der Waals surface area (Å²) in [6, 6.07) is 7.00. The Morgan fingerprint density at radius 1 is 1.21 bits per heavy atom. The van der Waals surface area contributed by atoms with E-state index in [-0.39, 0.29) is 5.82 Å². The summed E-state index contributed by atoms with van der Waals surface area (Å²) in [4.78, 5) is 0.763. The number of nitrogens with zero attached hydrogens (tertiary/aromatic N) is 1. The Kier molecular flexibility index (Phi) is 2.90. The van der Waals surface area contributed by atoms with Crippen LogP contribution in [0.5, 0.6) is 0 Å². The van der Waals surface area contributed by atoms with E-state index < -0.39 is 0 Å². The molecule has 1 aromatic heterocycles. The summed E-state index contributed by atoms with van der Waals surface area (Å²) in [6.07, 6.45) is 9.30. The maximum absolute atomic E-state index is 13.8. The normalized spacial score (nSPS) is 13.8. The van der Waals surface area contributed by atoms with Gasteiger partial charge in [0.2, 0.25) is 0 Å². The van der Waals surface area contributed by atoms with Gasteiger partial charge in [0.1, 0.15) is 11.9 Å². The molecule has 0 aliphatic carbocycles. The van der Waals surface area contributed by atoms with Crippen LogP contribution in [0.1, 0.15) is 10.4 Å². The molecule has 1 aliphatic heterocycles. The van der Waals surface area contributed by atoms with Gasteiger partial charge in [0, 0.05) is 11.6 Å². The summed E-state index contributed by atoms with van der Waals surface area (Å²) >= 11 is 1.29. The van der Waals surface area contributed by atoms with Crippen molar-refractivity contribution in [3.05, 3.63) is 65.0 Å². The van der Waals surface area contributed by atoms with Crippen molar-refractivity contribution in [2.24, 2.45) is 0 Å². The van der Waals surface area contributed by atoms with E-state index in [1.54, 1.807) is 18.3 Å². The second-order valence-electron chi connectivity index (χ2n) is 4.00. The average molecular weight is 268 g/mol. The molecule has 2 nitrogen and oxygen atoms in total. The second kappa shape index (κ2) is 4.71. The highest BCUT2D eigenvalue weighted by Gasteiger charge is 2.17. The van der Waals surface area contributed by atoms with Crippen LogP contribution in [0.4, 0.5) is 4.39 Å². The Morgan fingerprint density at radius 3 is 2.95 bits per heavy atom. The minimum Gasteiger partial charge on any atom is -0.361 e. The molecule has 0 bridgehead atoms. The molecule has 92 valence electrons. The fraction of sp³-hybridized carbons (Fsp3) is 0. The SMILES string of the molecule is N#Cc1c(C2=CC=CC=CN2)sc2c(F)cccc12. The highest BCUT2D eigenvalue weighted by atomic mass is 32.1.